The van der Waals surface area contributed by atoms with E-state index in [1.165, 1.54) is 6.20 Å². The van der Waals surface area contributed by atoms with E-state index in [0.29, 0.717) is 0 Å². The van der Waals surface area contributed by atoms with Crippen molar-refractivity contribution in [2.75, 3.05) is 0 Å². The van der Waals surface area contributed by atoms with Gasteiger partial charge in [0, 0.05) is 12.4 Å². The first kappa shape index (κ1) is 12.9. The third-order valence-corrected chi connectivity index (χ3v) is 2.86. The van der Waals surface area contributed by atoms with E-state index in [0.717, 1.165) is 22.1 Å². The van der Waals surface area contributed by atoms with Gasteiger partial charge in [0.2, 0.25) is 0 Å². The number of rotatable bonds is 0. The Morgan fingerprint density at radius 3 is 1.95 bits per heavy atom. The highest BCUT2D eigenvalue weighted by Gasteiger charge is 1.91. The highest BCUT2D eigenvalue weighted by molar-refractivity contribution is 5.73. The molecule has 0 fully saturated rings. The van der Waals surface area contributed by atoms with Crippen LogP contribution in [0.1, 0.15) is 0 Å². The van der Waals surface area contributed by atoms with Crippen molar-refractivity contribution < 1.29 is 0 Å². The summed E-state index contributed by atoms with van der Waals surface area (Å²) in [6.45, 7) is 0. The fourth-order valence-electron chi connectivity index (χ4n) is 1.89. The molecule has 5 nitrogen and oxygen atoms in total. The Labute approximate surface area is 120 Å². The van der Waals surface area contributed by atoms with Gasteiger partial charge in [0.25, 0.3) is 5.56 Å². The van der Waals surface area contributed by atoms with Gasteiger partial charge in [-0.1, -0.05) is 24.3 Å². The lowest BCUT2D eigenvalue weighted by Gasteiger charge is -1.92. The third-order valence-electron chi connectivity index (χ3n) is 2.86. The van der Waals surface area contributed by atoms with Gasteiger partial charge in [0.1, 0.15) is 0 Å². The normalized spacial score (nSPS) is 10.1. The van der Waals surface area contributed by atoms with Crippen LogP contribution in [-0.2, 0) is 0 Å². The lowest BCUT2D eigenvalue weighted by atomic mass is 10.3. The van der Waals surface area contributed by atoms with Crippen LogP contribution in [0.2, 0.25) is 0 Å². The Kier molecular flexibility index (Phi) is 3.64. The Balaban J connectivity index is 0.000000126. The molecular formula is C16H12N4O. The van der Waals surface area contributed by atoms with Crippen LogP contribution in [0.5, 0.6) is 0 Å². The molecule has 2 aromatic carbocycles. The number of hydrogen-bond donors (Lipinski definition) is 1. The molecule has 0 saturated heterocycles. The first-order valence-corrected chi connectivity index (χ1v) is 6.43. The molecule has 4 aromatic rings. The molecule has 0 amide bonds. The largest absolute Gasteiger partial charge is 0.319 e. The summed E-state index contributed by atoms with van der Waals surface area (Å²) >= 11 is 0. The average molecular weight is 276 g/mol. The van der Waals surface area contributed by atoms with E-state index < -0.39 is 0 Å². The van der Waals surface area contributed by atoms with Crippen LogP contribution < -0.4 is 5.56 Å². The van der Waals surface area contributed by atoms with E-state index in [1.54, 1.807) is 12.4 Å². The fraction of sp³-hybridized carbons (Fsp3) is 0. The van der Waals surface area contributed by atoms with E-state index in [2.05, 4.69) is 19.9 Å². The predicted octanol–water partition coefficient (Wildman–Crippen LogP) is 2.55. The molecule has 0 atom stereocenters. The Morgan fingerprint density at radius 1 is 0.714 bits per heavy atom. The monoisotopic (exact) mass is 276 g/mol. The molecular weight excluding hydrogens is 264 g/mol. The summed E-state index contributed by atoms with van der Waals surface area (Å²) in [5.74, 6) is 0. The van der Waals surface area contributed by atoms with Gasteiger partial charge >= 0.3 is 0 Å². The molecule has 0 aliphatic carbocycles. The summed E-state index contributed by atoms with van der Waals surface area (Å²) in [5.41, 5.74) is 3.32. The standard InChI is InChI=1S/C8H6N2O.C8H6N2/c11-8-5-9-6-3-1-2-4-7(6)10-8;1-2-4-8-7(3-1)9-5-6-10-8/h1-5H,(H,10,11);1-6H. The number of para-hydroxylation sites is 4. The van der Waals surface area contributed by atoms with Crippen molar-refractivity contribution in [2.24, 2.45) is 0 Å². The molecule has 0 aliphatic heterocycles. The number of hydrogen-bond acceptors (Lipinski definition) is 4. The molecule has 102 valence electrons. The number of aromatic nitrogens is 4. The van der Waals surface area contributed by atoms with E-state index in [9.17, 15) is 4.79 Å². The highest BCUT2D eigenvalue weighted by atomic mass is 16.1. The minimum atomic E-state index is -0.163. The molecule has 0 aliphatic rings. The lowest BCUT2D eigenvalue weighted by molar-refractivity contribution is 1.22. The number of H-pyrrole nitrogens is 1. The summed E-state index contributed by atoms with van der Waals surface area (Å²) in [6.07, 6.45) is 4.67. The molecule has 2 heterocycles. The summed E-state index contributed by atoms with van der Waals surface area (Å²) in [4.78, 5) is 25.6. The number of fused-ring (bicyclic) bond motifs is 2. The van der Waals surface area contributed by atoms with Gasteiger partial charge in [0.05, 0.1) is 28.3 Å². The van der Waals surface area contributed by atoms with Crippen molar-refractivity contribution >= 4 is 22.1 Å². The van der Waals surface area contributed by atoms with Gasteiger partial charge < -0.3 is 4.98 Å². The van der Waals surface area contributed by atoms with Gasteiger partial charge in [-0.2, -0.15) is 0 Å². The van der Waals surface area contributed by atoms with Crippen LogP contribution in [-0.4, -0.2) is 19.9 Å². The van der Waals surface area contributed by atoms with Crippen LogP contribution in [0.25, 0.3) is 22.1 Å². The maximum atomic E-state index is 10.8. The SMILES string of the molecule is O=c1cnc2ccccc2[nH]1.c1ccc2nccnc2c1. The lowest BCUT2D eigenvalue weighted by Crippen LogP contribution is -2.04. The summed E-state index contributed by atoms with van der Waals surface area (Å²) in [5, 5.41) is 0. The molecule has 0 saturated carbocycles. The Hall–Kier alpha value is -3.08. The average Bonchev–Trinajstić information content (AvgIpc) is 2.55. The first-order chi connectivity index (χ1) is 10.3. The van der Waals surface area contributed by atoms with Gasteiger partial charge in [-0.15, -0.1) is 0 Å². The van der Waals surface area contributed by atoms with E-state index in [1.807, 2.05) is 48.5 Å². The van der Waals surface area contributed by atoms with Crippen molar-refractivity contribution in [1.29, 1.82) is 0 Å². The van der Waals surface area contributed by atoms with Crippen LogP contribution in [0.15, 0.2) is 71.9 Å². The molecule has 1 N–H and O–H groups in total. The molecule has 5 heteroatoms. The molecule has 0 radical (unpaired) electrons. The van der Waals surface area contributed by atoms with E-state index >= 15 is 0 Å². The maximum Gasteiger partial charge on any atom is 0.266 e. The molecule has 0 spiro atoms. The van der Waals surface area contributed by atoms with E-state index in [-0.39, 0.29) is 5.56 Å². The zero-order chi connectivity index (χ0) is 14.5. The number of benzene rings is 2. The summed E-state index contributed by atoms with van der Waals surface area (Å²) < 4.78 is 0. The van der Waals surface area contributed by atoms with Gasteiger partial charge in [-0.3, -0.25) is 14.8 Å². The molecule has 0 unspecified atom stereocenters. The topological polar surface area (TPSA) is 71.5 Å². The molecule has 2 aromatic heterocycles. The minimum Gasteiger partial charge on any atom is -0.319 e. The van der Waals surface area contributed by atoms with Crippen LogP contribution in [0.3, 0.4) is 0 Å². The Morgan fingerprint density at radius 2 is 1.29 bits per heavy atom. The third kappa shape index (κ3) is 3.09. The summed E-state index contributed by atoms with van der Waals surface area (Å²) in [7, 11) is 0. The van der Waals surface area contributed by atoms with Gasteiger partial charge in [-0.05, 0) is 24.3 Å². The van der Waals surface area contributed by atoms with Gasteiger partial charge in [-0.25, -0.2) is 4.98 Å². The van der Waals surface area contributed by atoms with Crippen molar-refractivity contribution in [3.63, 3.8) is 0 Å². The zero-order valence-corrected chi connectivity index (χ0v) is 11.1. The zero-order valence-electron chi connectivity index (χ0n) is 11.1. The minimum absolute atomic E-state index is 0.163. The van der Waals surface area contributed by atoms with Crippen molar-refractivity contribution in [2.45, 2.75) is 0 Å². The van der Waals surface area contributed by atoms with Crippen molar-refractivity contribution in [1.82, 2.24) is 19.9 Å². The number of aromatic amines is 1. The second-order valence-corrected chi connectivity index (χ2v) is 4.31. The number of nitrogens with zero attached hydrogens (tertiary/aromatic N) is 3. The summed E-state index contributed by atoms with van der Waals surface area (Å²) in [6, 6.07) is 15.2. The van der Waals surface area contributed by atoms with Crippen LogP contribution in [0.4, 0.5) is 0 Å². The maximum absolute atomic E-state index is 10.8. The van der Waals surface area contributed by atoms with Gasteiger partial charge in [0.15, 0.2) is 0 Å². The van der Waals surface area contributed by atoms with Crippen molar-refractivity contribution in [3.8, 4) is 0 Å². The van der Waals surface area contributed by atoms with E-state index in [4.69, 9.17) is 0 Å². The Bertz CT molecular complexity index is 868. The second-order valence-electron chi connectivity index (χ2n) is 4.31. The quantitative estimate of drug-likeness (QED) is 0.536. The van der Waals surface area contributed by atoms with Crippen molar-refractivity contribution in [3.05, 3.63) is 77.5 Å². The fourth-order valence-corrected chi connectivity index (χ4v) is 1.89. The number of nitrogens with one attached hydrogen (secondary N) is 1. The predicted molar refractivity (Wildman–Crippen MR) is 81.9 cm³/mol. The molecule has 4 rings (SSSR count). The highest BCUT2D eigenvalue weighted by Crippen LogP contribution is 2.04. The smallest absolute Gasteiger partial charge is 0.266 e. The van der Waals surface area contributed by atoms with Crippen LogP contribution in [0, 0.1) is 0 Å². The molecule has 0 bridgehead atoms. The first-order valence-electron chi connectivity index (χ1n) is 6.43. The van der Waals surface area contributed by atoms with Crippen LogP contribution >= 0.6 is 0 Å². The molecule has 21 heavy (non-hydrogen) atoms. The second kappa shape index (κ2) is 5.92.